The fraction of sp³-hybridized carbons (Fsp3) is 0.450. The van der Waals surface area contributed by atoms with Gasteiger partial charge in [-0.05, 0) is 24.1 Å². The van der Waals surface area contributed by atoms with Crippen LogP contribution < -0.4 is 0 Å². The van der Waals surface area contributed by atoms with Crippen molar-refractivity contribution in [2.45, 2.75) is 31.4 Å². The number of carbonyl (C=O) groups is 5. The number of piperazine rings is 1. The zero-order chi connectivity index (χ0) is 28.6. The van der Waals surface area contributed by atoms with Gasteiger partial charge in [0.2, 0.25) is 0 Å². The van der Waals surface area contributed by atoms with Gasteiger partial charge in [-0.3, -0.25) is 9.59 Å². The Morgan fingerprint density at radius 3 is 1.86 bits per heavy atom. The molecule has 0 bridgehead atoms. The van der Waals surface area contributed by atoms with Crippen molar-refractivity contribution in [2.24, 2.45) is 0 Å². The Bertz CT molecular complexity index is 977. The van der Waals surface area contributed by atoms with Crippen molar-refractivity contribution in [1.29, 1.82) is 0 Å². The number of carboxylic acid groups (broad SMARTS) is 1. The van der Waals surface area contributed by atoms with Crippen LogP contribution in [0.1, 0.15) is 18.5 Å². The number of rotatable bonds is 4. The van der Waals surface area contributed by atoms with E-state index in [0.29, 0.717) is 5.56 Å². The van der Waals surface area contributed by atoms with Crippen molar-refractivity contribution >= 4 is 40.8 Å². The van der Waals surface area contributed by atoms with Crippen LogP contribution in [-0.4, -0.2) is 88.8 Å². The summed E-state index contributed by atoms with van der Waals surface area (Å²) in [6.45, 7) is -3.07. The first-order valence-corrected chi connectivity index (χ1v) is 10.3. The molecule has 0 spiro atoms. The largest absolute Gasteiger partial charge is 0.475 e. The van der Waals surface area contributed by atoms with E-state index in [2.05, 4.69) is 21.1 Å². The quantitative estimate of drug-likeness (QED) is 0.256. The van der Waals surface area contributed by atoms with Crippen molar-refractivity contribution in [1.82, 2.24) is 9.80 Å². The van der Waals surface area contributed by atoms with E-state index in [1.165, 1.54) is 19.1 Å². The van der Waals surface area contributed by atoms with Crippen LogP contribution >= 0.6 is 11.6 Å². The standard InChI is InChI=1S/C18H18F6N2O5.C2HClO3/c1-11-7-26(14(27)15(28)30-9-17(19,20)21)13(12-5-3-2-4-6-12)8-25(11)16(29)31-10-18(22,23)24;3-1(4)2(5)6/h2-6,11,13H,7-10H2,1H3;(H,5,6)/t11-,13-;/m1./s1. The number of esters is 1. The number of nitrogens with zero attached hydrogens (tertiary/aromatic N) is 2. The van der Waals surface area contributed by atoms with E-state index in [0.717, 1.165) is 9.80 Å². The maximum atomic E-state index is 12.5. The molecule has 37 heavy (non-hydrogen) atoms. The molecule has 2 rings (SSSR count). The predicted octanol–water partition coefficient (Wildman–Crippen LogP) is 2.90. The molecule has 1 N–H and O–H groups in total. The third-order valence-electron chi connectivity index (χ3n) is 4.49. The normalized spacial score (nSPS) is 17.7. The second-order valence-electron chi connectivity index (χ2n) is 7.33. The summed E-state index contributed by atoms with van der Waals surface area (Å²) in [5.74, 6) is -4.72. The number of alkyl halides is 6. The third kappa shape index (κ3) is 10.9. The van der Waals surface area contributed by atoms with Crippen molar-refractivity contribution in [3.05, 3.63) is 35.9 Å². The van der Waals surface area contributed by atoms with Gasteiger partial charge in [-0.2, -0.15) is 26.3 Å². The van der Waals surface area contributed by atoms with Crippen LogP contribution in [0.15, 0.2) is 30.3 Å². The molecular weight excluding hydrogens is 546 g/mol. The molecule has 2 amide bonds. The number of carboxylic acids is 1. The van der Waals surface area contributed by atoms with Crippen molar-refractivity contribution < 1.29 is 64.9 Å². The smallest absolute Gasteiger partial charge is 0.422 e. The summed E-state index contributed by atoms with van der Waals surface area (Å²) in [7, 11) is 0. The van der Waals surface area contributed by atoms with Gasteiger partial charge in [0.1, 0.15) is 0 Å². The molecule has 17 heteroatoms. The number of hydrogen-bond acceptors (Lipinski definition) is 7. The SMILES string of the molecule is C[C@@H]1CN(C(=O)C(=O)OCC(F)(F)F)[C@@H](c2ccccc2)CN1C(=O)OCC(F)(F)F.O=C(O)C(=O)Cl. The lowest BCUT2D eigenvalue weighted by atomic mass is 10.00. The summed E-state index contributed by atoms with van der Waals surface area (Å²) in [5, 5.41) is 6.16. The fourth-order valence-electron chi connectivity index (χ4n) is 2.97. The van der Waals surface area contributed by atoms with Crippen LogP contribution in [0.25, 0.3) is 0 Å². The first-order valence-electron chi connectivity index (χ1n) is 9.95. The molecule has 0 unspecified atom stereocenters. The zero-order valence-corrected chi connectivity index (χ0v) is 19.5. The highest BCUT2D eigenvalue weighted by molar-refractivity contribution is 6.79. The first kappa shape index (κ1) is 31.5. The molecule has 2 atom stereocenters. The number of ether oxygens (including phenoxy) is 2. The van der Waals surface area contributed by atoms with E-state index >= 15 is 0 Å². The fourth-order valence-corrected chi connectivity index (χ4v) is 2.97. The zero-order valence-electron chi connectivity index (χ0n) is 18.7. The molecule has 1 fully saturated rings. The average molecular weight is 565 g/mol. The third-order valence-corrected chi connectivity index (χ3v) is 4.65. The molecular formula is C20H19ClF6N2O8. The number of amides is 2. The summed E-state index contributed by atoms with van der Waals surface area (Å²) >= 11 is 4.37. The summed E-state index contributed by atoms with van der Waals surface area (Å²) in [5.41, 5.74) is 0.403. The van der Waals surface area contributed by atoms with Crippen molar-refractivity contribution in [3.8, 4) is 0 Å². The van der Waals surface area contributed by atoms with E-state index < -0.39 is 66.8 Å². The number of halogens is 7. The summed E-state index contributed by atoms with van der Waals surface area (Å²) in [6, 6.07) is 5.92. The van der Waals surface area contributed by atoms with Crippen molar-refractivity contribution in [3.63, 3.8) is 0 Å². The highest BCUT2D eigenvalue weighted by atomic mass is 35.5. The highest BCUT2D eigenvalue weighted by Crippen LogP contribution is 2.29. The molecule has 1 aromatic rings. The van der Waals surface area contributed by atoms with Crippen LogP contribution in [0.4, 0.5) is 31.1 Å². The maximum absolute atomic E-state index is 12.5. The monoisotopic (exact) mass is 564 g/mol. The lowest BCUT2D eigenvalue weighted by Crippen LogP contribution is -2.58. The number of benzene rings is 1. The topological polar surface area (TPSA) is 131 Å². The Balaban J connectivity index is 0.00000102. The molecule has 1 heterocycles. The van der Waals surface area contributed by atoms with Gasteiger partial charge in [-0.25, -0.2) is 14.4 Å². The molecule has 1 aromatic carbocycles. The Morgan fingerprint density at radius 1 is 0.919 bits per heavy atom. The van der Waals surface area contributed by atoms with Crippen LogP contribution in [0.2, 0.25) is 0 Å². The maximum Gasteiger partial charge on any atom is 0.422 e. The number of aliphatic carboxylic acids is 1. The second-order valence-corrected chi connectivity index (χ2v) is 7.67. The number of hydrogen-bond donors (Lipinski definition) is 1. The minimum absolute atomic E-state index is 0.347. The molecule has 0 aliphatic carbocycles. The lowest BCUT2D eigenvalue weighted by molar-refractivity contribution is -0.190. The highest BCUT2D eigenvalue weighted by Gasteiger charge is 2.42. The van der Waals surface area contributed by atoms with Crippen LogP contribution in [0, 0.1) is 0 Å². The molecule has 1 aliphatic heterocycles. The minimum Gasteiger partial charge on any atom is -0.475 e. The Morgan fingerprint density at radius 2 is 1.41 bits per heavy atom. The number of carbonyl (C=O) groups excluding carboxylic acids is 4. The van der Waals surface area contributed by atoms with Gasteiger partial charge < -0.3 is 24.4 Å². The van der Waals surface area contributed by atoms with Gasteiger partial charge in [-0.15, -0.1) is 0 Å². The minimum atomic E-state index is -4.83. The van der Waals surface area contributed by atoms with Gasteiger partial charge in [0, 0.05) is 19.1 Å². The molecule has 1 saturated heterocycles. The van der Waals surface area contributed by atoms with Crippen LogP contribution in [-0.2, 0) is 28.7 Å². The average Bonchev–Trinajstić information content (AvgIpc) is 2.80. The molecule has 10 nitrogen and oxygen atoms in total. The first-order chi connectivity index (χ1) is 16.9. The van der Waals surface area contributed by atoms with Crippen molar-refractivity contribution in [2.75, 3.05) is 26.3 Å². The van der Waals surface area contributed by atoms with E-state index in [1.54, 1.807) is 18.2 Å². The second kappa shape index (κ2) is 13.1. The summed E-state index contributed by atoms with van der Waals surface area (Å²) in [4.78, 5) is 56.9. The van der Waals surface area contributed by atoms with E-state index in [1.807, 2.05) is 0 Å². The van der Waals surface area contributed by atoms with Crippen LogP contribution in [0.5, 0.6) is 0 Å². The van der Waals surface area contributed by atoms with Gasteiger partial charge in [0.05, 0.1) is 6.04 Å². The summed E-state index contributed by atoms with van der Waals surface area (Å²) in [6.07, 6.45) is -10.8. The van der Waals surface area contributed by atoms with Gasteiger partial charge in [-0.1, -0.05) is 30.3 Å². The Kier molecular flexibility index (Phi) is 11.2. The van der Waals surface area contributed by atoms with E-state index in [-0.39, 0.29) is 13.1 Å². The molecule has 0 saturated carbocycles. The summed E-state index contributed by atoms with van der Waals surface area (Å²) < 4.78 is 82.2. The van der Waals surface area contributed by atoms with E-state index in [4.69, 9.17) is 5.11 Å². The lowest BCUT2D eigenvalue weighted by Gasteiger charge is -2.44. The van der Waals surface area contributed by atoms with E-state index in [9.17, 15) is 50.3 Å². The van der Waals surface area contributed by atoms with Crippen LogP contribution in [0.3, 0.4) is 0 Å². The predicted molar refractivity (Wildman–Crippen MR) is 110 cm³/mol. The molecule has 206 valence electrons. The van der Waals surface area contributed by atoms with Gasteiger partial charge >= 0.3 is 41.5 Å². The Hall–Kier alpha value is -3.56. The Labute approximate surface area is 209 Å². The molecule has 0 radical (unpaired) electrons. The molecule has 0 aromatic heterocycles. The molecule has 1 aliphatic rings. The van der Waals surface area contributed by atoms with Gasteiger partial charge in [0.25, 0.3) is 0 Å². The van der Waals surface area contributed by atoms with Gasteiger partial charge in [0.15, 0.2) is 13.2 Å².